The lowest BCUT2D eigenvalue weighted by molar-refractivity contribution is 0.102. The van der Waals surface area contributed by atoms with Gasteiger partial charge in [-0.2, -0.15) is 0 Å². The standard InChI is InChI=1S/C17H25NO/c1-3-11-18(12-4-2)13-17(19)16-10-9-14-7-5-6-8-15(14)16/h5-10,16-17,19H,3-4,11-13H2,1-2H3. The van der Waals surface area contributed by atoms with Crippen molar-refractivity contribution in [2.45, 2.75) is 38.7 Å². The molecule has 0 spiro atoms. The number of fused-ring (bicyclic) bond motifs is 1. The van der Waals surface area contributed by atoms with Gasteiger partial charge in [-0.3, -0.25) is 0 Å². The molecule has 0 saturated heterocycles. The SMILES string of the molecule is CCCN(CCC)CC(O)C1C=Cc2ccccc21. The fourth-order valence-corrected chi connectivity index (χ4v) is 2.92. The molecule has 0 heterocycles. The fraction of sp³-hybridized carbons (Fsp3) is 0.529. The van der Waals surface area contributed by atoms with Gasteiger partial charge in [-0.25, -0.2) is 0 Å². The zero-order valence-electron chi connectivity index (χ0n) is 12.0. The lowest BCUT2D eigenvalue weighted by Crippen LogP contribution is -2.36. The van der Waals surface area contributed by atoms with Crippen LogP contribution in [0.25, 0.3) is 6.08 Å². The molecule has 0 fully saturated rings. The third-order valence-electron chi connectivity index (χ3n) is 3.78. The van der Waals surface area contributed by atoms with Crippen molar-refractivity contribution in [3.63, 3.8) is 0 Å². The lowest BCUT2D eigenvalue weighted by atomic mass is 9.95. The molecule has 0 amide bonds. The van der Waals surface area contributed by atoms with Crippen LogP contribution in [0.5, 0.6) is 0 Å². The van der Waals surface area contributed by atoms with Crippen molar-refractivity contribution in [1.29, 1.82) is 0 Å². The van der Waals surface area contributed by atoms with Crippen LogP contribution in [0.3, 0.4) is 0 Å². The molecule has 0 aromatic heterocycles. The van der Waals surface area contributed by atoms with E-state index in [-0.39, 0.29) is 12.0 Å². The normalized spacial score (nSPS) is 18.8. The summed E-state index contributed by atoms with van der Waals surface area (Å²) >= 11 is 0. The molecule has 0 aliphatic heterocycles. The molecule has 1 aromatic rings. The average Bonchev–Trinajstić information content (AvgIpc) is 2.83. The number of benzene rings is 1. The minimum atomic E-state index is -0.307. The Hall–Kier alpha value is -1.12. The molecule has 104 valence electrons. The van der Waals surface area contributed by atoms with E-state index in [4.69, 9.17) is 0 Å². The molecule has 0 bridgehead atoms. The maximum atomic E-state index is 10.5. The maximum Gasteiger partial charge on any atom is 0.0770 e. The summed E-state index contributed by atoms with van der Waals surface area (Å²) in [5.41, 5.74) is 2.52. The first-order chi connectivity index (χ1) is 9.26. The number of nitrogens with zero attached hydrogens (tertiary/aromatic N) is 1. The van der Waals surface area contributed by atoms with Crippen LogP contribution in [0.2, 0.25) is 0 Å². The monoisotopic (exact) mass is 259 g/mol. The summed E-state index contributed by atoms with van der Waals surface area (Å²) in [7, 11) is 0. The van der Waals surface area contributed by atoms with Crippen LogP contribution < -0.4 is 0 Å². The van der Waals surface area contributed by atoms with Gasteiger partial charge in [-0.1, -0.05) is 50.3 Å². The van der Waals surface area contributed by atoms with E-state index in [9.17, 15) is 5.11 Å². The Labute approximate surface area is 116 Å². The summed E-state index contributed by atoms with van der Waals surface area (Å²) in [4.78, 5) is 2.37. The molecular formula is C17H25NO. The predicted molar refractivity (Wildman–Crippen MR) is 81.2 cm³/mol. The van der Waals surface area contributed by atoms with E-state index >= 15 is 0 Å². The van der Waals surface area contributed by atoms with Crippen molar-refractivity contribution in [3.05, 3.63) is 41.5 Å². The fourth-order valence-electron chi connectivity index (χ4n) is 2.92. The van der Waals surface area contributed by atoms with Gasteiger partial charge in [0.1, 0.15) is 0 Å². The van der Waals surface area contributed by atoms with Crippen LogP contribution >= 0.6 is 0 Å². The molecule has 2 rings (SSSR count). The first-order valence-corrected chi connectivity index (χ1v) is 7.43. The molecule has 1 aromatic carbocycles. The van der Waals surface area contributed by atoms with E-state index in [2.05, 4.69) is 55.2 Å². The van der Waals surface area contributed by atoms with E-state index in [0.717, 1.165) is 32.5 Å². The Morgan fingerprint density at radius 3 is 2.53 bits per heavy atom. The second kappa shape index (κ2) is 6.88. The van der Waals surface area contributed by atoms with E-state index < -0.39 is 0 Å². The highest BCUT2D eigenvalue weighted by molar-refractivity contribution is 5.62. The van der Waals surface area contributed by atoms with Gasteiger partial charge in [0.2, 0.25) is 0 Å². The van der Waals surface area contributed by atoms with Gasteiger partial charge in [0.25, 0.3) is 0 Å². The van der Waals surface area contributed by atoms with Gasteiger partial charge in [-0.05, 0) is 37.1 Å². The Morgan fingerprint density at radius 1 is 1.16 bits per heavy atom. The average molecular weight is 259 g/mol. The third-order valence-corrected chi connectivity index (χ3v) is 3.78. The summed E-state index contributed by atoms with van der Waals surface area (Å²) in [6, 6.07) is 8.36. The van der Waals surface area contributed by atoms with Crippen LogP contribution in [0.1, 0.15) is 43.7 Å². The number of rotatable bonds is 7. The predicted octanol–water partition coefficient (Wildman–Crippen LogP) is 3.28. The summed E-state index contributed by atoms with van der Waals surface area (Å²) < 4.78 is 0. The zero-order valence-corrected chi connectivity index (χ0v) is 12.0. The topological polar surface area (TPSA) is 23.5 Å². The Kier molecular flexibility index (Phi) is 5.17. The van der Waals surface area contributed by atoms with Crippen molar-refractivity contribution in [2.75, 3.05) is 19.6 Å². The zero-order chi connectivity index (χ0) is 13.7. The molecule has 0 saturated carbocycles. The number of hydrogen-bond donors (Lipinski definition) is 1. The van der Waals surface area contributed by atoms with Gasteiger partial charge in [-0.15, -0.1) is 0 Å². The van der Waals surface area contributed by atoms with E-state index in [1.165, 1.54) is 11.1 Å². The Bertz CT molecular complexity index is 421. The number of hydrogen-bond acceptors (Lipinski definition) is 2. The van der Waals surface area contributed by atoms with E-state index in [0.29, 0.717) is 0 Å². The van der Waals surface area contributed by atoms with Gasteiger partial charge in [0.15, 0.2) is 0 Å². The molecule has 0 radical (unpaired) electrons. The smallest absolute Gasteiger partial charge is 0.0770 e. The minimum absolute atomic E-state index is 0.160. The second-order valence-corrected chi connectivity index (χ2v) is 5.38. The van der Waals surface area contributed by atoms with Crippen molar-refractivity contribution >= 4 is 6.08 Å². The molecule has 2 atom stereocenters. The summed E-state index contributed by atoms with van der Waals surface area (Å²) in [5.74, 6) is 0.160. The van der Waals surface area contributed by atoms with Crippen molar-refractivity contribution in [2.24, 2.45) is 0 Å². The van der Waals surface area contributed by atoms with Crippen LogP contribution in [0.15, 0.2) is 30.3 Å². The molecule has 2 nitrogen and oxygen atoms in total. The van der Waals surface area contributed by atoms with Gasteiger partial charge in [0, 0.05) is 12.5 Å². The van der Waals surface area contributed by atoms with Crippen LogP contribution in [0.4, 0.5) is 0 Å². The van der Waals surface area contributed by atoms with E-state index in [1.807, 2.05) is 0 Å². The minimum Gasteiger partial charge on any atom is -0.391 e. The summed E-state index contributed by atoms with van der Waals surface area (Å²) in [6.07, 6.45) is 6.25. The van der Waals surface area contributed by atoms with Crippen LogP contribution in [-0.2, 0) is 0 Å². The first-order valence-electron chi connectivity index (χ1n) is 7.43. The summed E-state index contributed by atoms with van der Waals surface area (Å²) in [5, 5.41) is 10.5. The Balaban J connectivity index is 2.01. The molecule has 1 aliphatic carbocycles. The molecule has 1 N–H and O–H groups in total. The summed E-state index contributed by atoms with van der Waals surface area (Å²) in [6.45, 7) is 7.30. The third kappa shape index (κ3) is 3.46. The van der Waals surface area contributed by atoms with Crippen molar-refractivity contribution < 1.29 is 5.11 Å². The van der Waals surface area contributed by atoms with Gasteiger partial charge < -0.3 is 10.0 Å². The highest BCUT2D eigenvalue weighted by Gasteiger charge is 2.25. The van der Waals surface area contributed by atoms with Crippen LogP contribution in [0, 0.1) is 0 Å². The number of aliphatic hydroxyl groups is 1. The molecule has 1 aliphatic rings. The second-order valence-electron chi connectivity index (χ2n) is 5.38. The van der Waals surface area contributed by atoms with Gasteiger partial charge >= 0.3 is 0 Å². The largest absolute Gasteiger partial charge is 0.391 e. The quantitative estimate of drug-likeness (QED) is 0.812. The Morgan fingerprint density at radius 2 is 1.84 bits per heavy atom. The van der Waals surface area contributed by atoms with Crippen molar-refractivity contribution in [3.8, 4) is 0 Å². The van der Waals surface area contributed by atoms with Gasteiger partial charge in [0.05, 0.1) is 6.10 Å². The van der Waals surface area contributed by atoms with Crippen molar-refractivity contribution in [1.82, 2.24) is 4.90 Å². The molecule has 2 unspecified atom stereocenters. The number of aliphatic hydroxyl groups excluding tert-OH is 1. The first kappa shape index (κ1) is 14.3. The molecular weight excluding hydrogens is 234 g/mol. The highest BCUT2D eigenvalue weighted by Crippen LogP contribution is 2.32. The maximum absolute atomic E-state index is 10.5. The lowest BCUT2D eigenvalue weighted by Gasteiger charge is -2.27. The highest BCUT2D eigenvalue weighted by atomic mass is 16.3. The van der Waals surface area contributed by atoms with E-state index in [1.54, 1.807) is 0 Å². The molecule has 2 heteroatoms. The van der Waals surface area contributed by atoms with Crippen LogP contribution in [-0.4, -0.2) is 35.7 Å². The molecule has 19 heavy (non-hydrogen) atoms.